The Morgan fingerprint density at radius 1 is 0.850 bits per heavy atom. The van der Waals surface area contributed by atoms with Crippen molar-refractivity contribution in [2.45, 2.75) is 77.6 Å². The molecule has 0 unspecified atom stereocenters. The van der Waals surface area contributed by atoms with Gasteiger partial charge in [-0.2, -0.15) is 0 Å². The second kappa shape index (κ2) is 16.2. The zero-order valence-electron chi connectivity index (χ0n) is 13.1. The van der Waals surface area contributed by atoms with Gasteiger partial charge in [0.25, 0.3) is 0 Å². The first-order valence-corrected chi connectivity index (χ1v) is 8.16. The second-order valence-electron chi connectivity index (χ2n) is 5.29. The van der Waals surface area contributed by atoms with Crippen LogP contribution in [0.3, 0.4) is 0 Å². The van der Waals surface area contributed by atoms with Gasteiger partial charge in [-0.15, -0.1) is 0 Å². The molecule has 0 fully saturated rings. The fourth-order valence-electron chi connectivity index (χ4n) is 2.13. The van der Waals surface area contributed by atoms with Crippen LogP contribution in [-0.2, 0) is 9.53 Å². The normalized spacial score (nSPS) is 11.1. The van der Waals surface area contributed by atoms with E-state index in [0.717, 1.165) is 19.3 Å². The molecule has 0 aromatic carbocycles. The number of allylic oxidation sites excluding steroid dienone is 1. The summed E-state index contributed by atoms with van der Waals surface area (Å²) in [6.45, 7) is 2.30. The number of unbranched alkanes of at least 4 members (excludes halogenated alkanes) is 9. The summed E-state index contributed by atoms with van der Waals surface area (Å²) in [6.07, 6.45) is 17.5. The number of carbonyl (C=O) groups is 1. The lowest BCUT2D eigenvalue weighted by atomic mass is 10.1. The van der Waals surface area contributed by atoms with Gasteiger partial charge in [-0.25, -0.2) is 0 Å². The minimum absolute atomic E-state index is 0.170. The number of aliphatic hydroxyl groups excluding tert-OH is 1. The molecule has 3 heteroatoms. The van der Waals surface area contributed by atoms with Crippen molar-refractivity contribution in [1.82, 2.24) is 0 Å². The molecule has 1 N–H and O–H groups in total. The van der Waals surface area contributed by atoms with Crippen LogP contribution in [0.2, 0.25) is 0 Å². The average Bonchev–Trinajstić information content (AvgIpc) is 2.43. The van der Waals surface area contributed by atoms with Gasteiger partial charge in [0.2, 0.25) is 0 Å². The fraction of sp³-hybridized carbons (Fsp3) is 0.824. The first-order valence-electron chi connectivity index (χ1n) is 8.16. The lowest BCUT2D eigenvalue weighted by Gasteiger charge is -2.03. The number of ether oxygens (including phenoxy) is 1. The Bertz CT molecular complexity index is 236. The summed E-state index contributed by atoms with van der Waals surface area (Å²) in [5.41, 5.74) is 0. The Morgan fingerprint density at radius 2 is 1.35 bits per heavy atom. The van der Waals surface area contributed by atoms with Crippen molar-refractivity contribution in [1.29, 1.82) is 0 Å². The van der Waals surface area contributed by atoms with Crippen molar-refractivity contribution in [3.63, 3.8) is 0 Å². The van der Waals surface area contributed by atoms with E-state index in [1.54, 1.807) is 0 Å². The van der Waals surface area contributed by atoms with E-state index in [4.69, 9.17) is 9.84 Å². The van der Waals surface area contributed by atoms with Crippen LogP contribution in [-0.4, -0.2) is 24.3 Å². The standard InChI is InChI=1S/C17H32O3/c1-17(19)20-16-14-12-10-8-6-4-2-3-5-7-9-11-13-15-18/h9,11,18H,2-8,10,12-16H2,1H3. The Morgan fingerprint density at radius 3 is 1.90 bits per heavy atom. The van der Waals surface area contributed by atoms with Crippen molar-refractivity contribution in [3.8, 4) is 0 Å². The van der Waals surface area contributed by atoms with Crippen LogP contribution in [0.15, 0.2) is 12.2 Å². The maximum atomic E-state index is 10.5. The SMILES string of the molecule is CC(=O)OCCCCCCCCCCCC=CCCO. The second-order valence-corrected chi connectivity index (χ2v) is 5.29. The number of hydrogen-bond acceptors (Lipinski definition) is 3. The monoisotopic (exact) mass is 284 g/mol. The van der Waals surface area contributed by atoms with Crippen LogP contribution < -0.4 is 0 Å². The lowest BCUT2D eigenvalue weighted by molar-refractivity contribution is -0.141. The number of carbonyl (C=O) groups excluding carboxylic acids is 1. The van der Waals surface area contributed by atoms with E-state index in [2.05, 4.69) is 12.2 Å². The van der Waals surface area contributed by atoms with E-state index in [9.17, 15) is 4.79 Å². The molecule has 0 spiro atoms. The van der Waals surface area contributed by atoms with E-state index in [1.807, 2.05) is 0 Å². The third kappa shape index (κ3) is 17.2. The summed E-state index contributed by atoms with van der Waals surface area (Å²) >= 11 is 0. The van der Waals surface area contributed by atoms with Crippen molar-refractivity contribution >= 4 is 5.97 Å². The van der Waals surface area contributed by atoms with E-state index in [-0.39, 0.29) is 12.6 Å². The molecule has 0 saturated carbocycles. The summed E-state index contributed by atoms with van der Waals surface area (Å²) in [4.78, 5) is 10.5. The van der Waals surface area contributed by atoms with Crippen molar-refractivity contribution in [3.05, 3.63) is 12.2 Å². The minimum Gasteiger partial charge on any atom is -0.466 e. The molecule has 20 heavy (non-hydrogen) atoms. The van der Waals surface area contributed by atoms with Gasteiger partial charge in [-0.3, -0.25) is 4.79 Å². The van der Waals surface area contributed by atoms with Crippen LogP contribution in [0.1, 0.15) is 77.6 Å². The molecule has 0 heterocycles. The molecule has 0 aromatic rings. The summed E-state index contributed by atoms with van der Waals surface area (Å²) in [5.74, 6) is -0.170. The zero-order valence-corrected chi connectivity index (χ0v) is 13.1. The molecule has 0 bridgehead atoms. The maximum absolute atomic E-state index is 10.5. The fourth-order valence-corrected chi connectivity index (χ4v) is 2.13. The Hall–Kier alpha value is -0.830. The predicted octanol–water partition coefficient (Wildman–Crippen LogP) is 4.39. The maximum Gasteiger partial charge on any atom is 0.302 e. The van der Waals surface area contributed by atoms with Crippen LogP contribution >= 0.6 is 0 Å². The van der Waals surface area contributed by atoms with Crippen molar-refractivity contribution in [2.24, 2.45) is 0 Å². The largest absolute Gasteiger partial charge is 0.466 e. The van der Waals surface area contributed by atoms with Gasteiger partial charge < -0.3 is 9.84 Å². The van der Waals surface area contributed by atoms with E-state index in [0.29, 0.717) is 6.61 Å². The summed E-state index contributed by atoms with van der Waals surface area (Å²) in [7, 11) is 0. The quantitative estimate of drug-likeness (QED) is 0.292. The number of aliphatic hydroxyl groups is 1. The Balaban J connectivity index is 3.01. The van der Waals surface area contributed by atoms with Gasteiger partial charge in [0, 0.05) is 13.5 Å². The van der Waals surface area contributed by atoms with Gasteiger partial charge >= 0.3 is 5.97 Å². The molecule has 0 rings (SSSR count). The van der Waals surface area contributed by atoms with Gasteiger partial charge in [-0.1, -0.05) is 57.1 Å². The summed E-state index contributed by atoms with van der Waals surface area (Å²) < 4.78 is 4.89. The molecule has 0 saturated heterocycles. The van der Waals surface area contributed by atoms with Gasteiger partial charge in [0.1, 0.15) is 0 Å². The number of rotatable bonds is 14. The third-order valence-corrected chi connectivity index (χ3v) is 3.28. The van der Waals surface area contributed by atoms with E-state index >= 15 is 0 Å². The van der Waals surface area contributed by atoms with Gasteiger partial charge in [0.05, 0.1) is 6.61 Å². The Labute approximate surface area is 124 Å². The molecule has 0 amide bonds. The molecular weight excluding hydrogens is 252 g/mol. The molecule has 0 aliphatic carbocycles. The zero-order chi connectivity index (χ0) is 14.9. The summed E-state index contributed by atoms with van der Waals surface area (Å²) in [5, 5.41) is 8.61. The number of esters is 1. The lowest BCUT2D eigenvalue weighted by Crippen LogP contribution is -2.00. The molecule has 0 aliphatic heterocycles. The smallest absolute Gasteiger partial charge is 0.302 e. The molecule has 118 valence electrons. The molecular formula is C17H32O3. The van der Waals surface area contributed by atoms with E-state index < -0.39 is 0 Å². The Kier molecular flexibility index (Phi) is 15.6. The first-order chi connectivity index (χ1) is 9.77. The average molecular weight is 284 g/mol. The molecule has 0 aliphatic rings. The third-order valence-electron chi connectivity index (χ3n) is 3.28. The highest BCUT2D eigenvalue weighted by atomic mass is 16.5. The first kappa shape index (κ1) is 19.2. The highest BCUT2D eigenvalue weighted by Crippen LogP contribution is 2.10. The molecule has 0 aromatic heterocycles. The highest BCUT2D eigenvalue weighted by Gasteiger charge is 1.94. The van der Waals surface area contributed by atoms with Gasteiger partial charge in [-0.05, 0) is 25.7 Å². The predicted molar refractivity (Wildman–Crippen MR) is 83.6 cm³/mol. The topological polar surface area (TPSA) is 46.5 Å². The van der Waals surface area contributed by atoms with Crippen molar-refractivity contribution < 1.29 is 14.6 Å². The summed E-state index contributed by atoms with van der Waals surface area (Å²) in [6, 6.07) is 0. The molecule has 0 atom stereocenters. The van der Waals surface area contributed by atoms with Crippen LogP contribution in [0, 0.1) is 0 Å². The number of hydrogen-bond donors (Lipinski definition) is 1. The van der Waals surface area contributed by atoms with Crippen LogP contribution in [0.4, 0.5) is 0 Å². The van der Waals surface area contributed by atoms with Crippen molar-refractivity contribution in [2.75, 3.05) is 13.2 Å². The van der Waals surface area contributed by atoms with Crippen LogP contribution in [0.5, 0.6) is 0 Å². The minimum atomic E-state index is -0.170. The molecule has 3 nitrogen and oxygen atoms in total. The highest BCUT2D eigenvalue weighted by molar-refractivity contribution is 5.65. The van der Waals surface area contributed by atoms with E-state index in [1.165, 1.54) is 58.3 Å². The molecule has 0 radical (unpaired) electrons. The van der Waals surface area contributed by atoms with Gasteiger partial charge in [0.15, 0.2) is 0 Å². The van der Waals surface area contributed by atoms with Crippen LogP contribution in [0.25, 0.3) is 0 Å².